The normalized spacial score (nSPS) is 22.8. The van der Waals surface area contributed by atoms with Crippen LogP contribution in [0.2, 0.25) is 0 Å². The molecule has 18 nitrogen and oxygen atoms in total. The summed E-state index contributed by atoms with van der Waals surface area (Å²) in [7, 11) is 3.06. The van der Waals surface area contributed by atoms with Gasteiger partial charge < -0.3 is 69.8 Å². The van der Waals surface area contributed by atoms with Crippen molar-refractivity contribution in [1.29, 1.82) is 0 Å². The van der Waals surface area contributed by atoms with Crippen molar-refractivity contribution in [2.24, 2.45) is 11.8 Å². The van der Waals surface area contributed by atoms with Crippen LogP contribution in [0, 0.1) is 11.8 Å². The highest BCUT2D eigenvalue weighted by atomic mass is 19.4. The van der Waals surface area contributed by atoms with Gasteiger partial charge in [-0.15, -0.1) is 0 Å². The predicted molar refractivity (Wildman–Crippen MR) is 277 cm³/mol. The molecular formula is C55H68F6N6O12. The summed E-state index contributed by atoms with van der Waals surface area (Å²) < 4.78 is 131. The van der Waals surface area contributed by atoms with Crippen molar-refractivity contribution in [3.63, 3.8) is 0 Å². The second-order valence-electron chi connectivity index (χ2n) is 20.1. The largest absolute Gasteiger partial charge is 0.497 e. The van der Waals surface area contributed by atoms with E-state index in [1.54, 1.807) is 71.0 Å². The molecule has 0 aliphatic carbocycles. The molecule has 2 aliphatic rings. The predicted octanol–water partition coefficient (Wildman–Crippen LogP) is 9.42. The van der Waals surface area contributed by atoms with E-state index < -0.39 is 114 Å². The lowest BCUT2D eigenvalue weighted by Gasteiger charge is -2.49. The topological polar surface area (TPSA) is 214 Å². The average molecular weight is 1120 g/mol. The van der Waals surface area contributed by atoms with Gasteiger partial charge in [-0.2, -0.15) is 26.3 Å². The fourth-order valence-electron chi connectivity index (χ4n) is 8.77. The highest BCUT2D eigenvalue weighted by Crippen LogP contribution is 2.36. The number of nitrogens with one attached hydrogen (secondary N) is 6. The highest BCUT2D eigenvalue weighted by molar-refractivity contribution is 5.90. The molecule has 2 aliphatic heterocycles. The van der Waals surface area contributed by atoms with Crippen LogP contribution in [0.25, 0.3) is 0 Å². The van der Waals surface area contributed by atoms with E-state index in [0.29, 0.717) is 11.5 Å². The third kappa shape index (κ3) is 18.1. The van der Waals surface area contributed by atoms with E-state index in [2.05, 4.69) is 31.9 Å². The summed E-state index contributed by atoms with van der Waals surface area (Å²) >= 11 is 0. The summed E-state index contributed by atoms with van der Waals surface area (Å²) in [4.78, 5) is 55.5. The molecule has 24 heteroatoms. The van der Waals surface area contributed by atoms with E-state index >= 15 is 0 Å². The summed E-state index contributed by atoms with van der Waals surface area (Å²) in [6.07, 6.45) is -15.1. The number of hydrogen-bond donors (Lipinski definition) is 6. The molecule has 0 saturated carbocycles. The molecule has 2 heterocycles. The van der Waals surface area contributed by atoms with Crippen LogP contribution in [0.5, 0.6) is 11.5 Å². The Morgan fingerprint density at radius 1 is 0.658 bits per heavy atom. The van der Waals surface area contributed by atoms with E-state index in [1.807, 2.05) is 19.1 Å². The third-order valence-corrected chi connectivity index (χ3v) is 13.2. The van der Waals surface area contributed by atoms with Crippen LogP contribution in [0.1, 0.15) is 70.2 Å². The number of halogens is 6. The van der Waals surface area contributed by atoms with E-state index in [-0.39, 0.29) is 50.8 Å². The number of carbonyl (C=O) groups is 4. The minimum Gasteiger partial charge on any atom is -0.497 e. The van der Waals surface area contributed by atoms with E-state index in [9.17, 15) is 45.5 Å². The number of alkyl carbamates (subject to hydrolysis) is 1. The first-order valence-corrected chi connectivity index (χ1v) is 25.5. The quantitative estimate of drug-likeness (QED) is 0.0457. The number of hydrogen-bond acceptors (Lipinski definition) is 12. The summed E-state index contributed by atoms with van der Waals surface area (Å²) in [6, 6.07) is 15.3. The Kier molecular flexibility index (Phi) is 21.2. The summed E-state index contributed by atoms with van der Waals surface area (Å²) in [5.41, 5.74) is -1.84. The smallest absolute Gasteiger partial charge is 0.416 e. The molecule has 2 fully saturated rings. The zero-order valence-electron chi connectivity index (χ0n) is 44.9. The SMILES string of the molecule is CC[C@H](NC(=O)OC(C)(C)C)C(=O)N[C@H]1C(COCc2ccc(OC)cc2)OCC(NC(=O)Nc2cccc(C(F)(F)F)c2)[C@H]1O[C@@H]1OC(COCc2ccc(OC)cc2)[C@@H](C)[C@H](C)C1NC(=O)Nc1cccc(C(F)(F)F)c1. The van der Waals surface area contributed by atoms with Gasteiger partial charge in [-0.1, -0.05) is 57.2 Å². The van der Waals surface area contributed by atoms with Crippen LogP contribution >= 0.6 is 0 Å². The maximum Gasteiger partial charge on any atom is 0.416 e. The summed E-state index contributed by atoms with van der Waals surface area (Å²) in [5, 5.41) is 15.9. The molecular weight excluding hydrogens is 1050 g/mol. The van der Waals surface area contributed by atoms with E-state index in [1.165, 1.54) is 26.4 Å². The number of methoxy groups -OCH3 is 2. The molecule has 79 heavy (non-hydrogen) atoms. The summed E-state index contributed by atoms with van der Waals surface area (Å²) in [5.74, 6) is -0.484. The van der Waals surface area contributed by atoms with Crippen LogP contribution in [-0.4, -0.2) is 112 Å². The fraction of sp³-hybridized carbons (Fsp3) is 0.491. The molecule has 6 rings (SSSR count). The molecule has 0 spiro atoms. The van der Waals surface area contributed by atoms with Gasteiger partial charge in [0.25, 0.3) is 0 Å². The Bertz CT molecular complexity index is 2640. The maximum atomic E-state index is 14.5. The second-order valence-corrected chi connectivity index (χ2v) is 20.1. The van der Waals surface area contributed by atoms with Crippen LogP contribution in [0.4, 0.5) is 52.1 Å². The molecule has 4 aromatic rings. The second kappa shape index (κ2) is 27.3. The number of urea groups is 2. The molecule has 6 N–H and O–H groups in total. The first-order valence-electron chi connectivity index (χ1n) is 25.5. The molecule has 10 atom stereocenters. The molecule has 6 amide bonds. The molecule has 4 unspecified atom stereocenters. The van der Waals surface area contributed by atoms with Gasteiger partial charge in [0.1, 0.15) is 35.3 Å². The van der Waals surface area contributed by atoms with E-state index in [0.717, 1.165) is 47.5 Å². The zero-order chi connectivity index (χ0) is 57.7. The molecule has 0 bridgehead atoms. The van der Waals surface area contributed by atoms with Gasteiger partial charge in [-0.25, -0.2) is 14.4 Å². The minimum absolute atomic E-state index is 0.0219. The van der Waals surface area contributed by atoms with Crippen molar-refractivity contribution in [1.82, 2.24) is 21.3 Å². The standard InChI is InChI=1S/C55H68F6N6O12/c1-9-41(65-52(71)79-53(4,5)6)48(68)66-46-44(30-75-27-34-18-22-40(73-8)23-19-34)76-28-42(64-50(69)62-37-14-10-12-35(24-37)54(56,57)58)47(46)78-49-45(67-51(70)63-38-15-11-13-36(25-38)55(59,60)61)32(3)31(2)43(77-49)29-74-26-33-16-20-39(72-7)21-17-33/h10-25,31-32,41-47,49H,9,26-30H2,1-8H3,(H,65,71)(H,66,68)(H2,62,64,69)(H2,63,67,70)/t31-,32-,41-,42?,43?,44?,45?,46-,47+,49-/m0/s1. The van der Waals surface area contributed by atoms with Crippen LogP contribution < -0.4 is 41.4 Å². The van der Waals surface area contributed by atoms with E-state index in [4.69, 9.17) is 37.9 Å². The Morgan fingerprint density at radius 2 is 1.16 bits per heavy atom. The third-order valence-electron chi connectivity index (χ3n) is 13.2. The van der Waals surface area contributed by atoms with Crippen molar-refractivity contribution in [3.05, 3.63) is 119 Å². The minimum atomic E-state index is -4.74. The van der Waals surface area contributed by atoms with Crippen molar-refractivity contribution in [2.75, 3.05) is 44.7 Å². The Labute approximate surface area is 454 Å². The average Bonchev–Trinajstić information content (AvgIpc) is 3.43. The number of ether oxygens (including phenoxy) is 8. The highest BCUT2D eigenvalue weighted by Gasteiger charge is 2.50. The lowest BCUT2D eigenvalue weighted by molar-refractivity contribution is -0.277. The Hall–Kier alpha value is -6.86. The maximum absolute atomic E-state index is 14.5. The van der Waals surface area contributed by atoms with Crippen molar-refractivity contribution in [3.8, 4) is 11.5 Å². The number of amides is 6. The van der Waals surface area contributed by atoms with Gasteiger partial charge in [-0.3, -0.25) is 4.79 Å². The number of rotatable bonds is 20. The monoisotopic (exact) mass is 1120 g/mol. The first kappa shape index (κ1) is 61.4. The van der Waals surface area contributed by atoms with Gasteiger partial charge in [0.15, 0.2) is 6.29 Å². The fourth-order valence-corrected chi connectivity index (χ4v) is 8.77. The number of anilines is 2. The van der Waals surface area contributed by atoms with Crippen molar-refractivity contribution < 1.29 is 83.4 Å². The van der Waals surface area contributed by atoms with Gasteiger partial charge in [0.05, 0.1) is 82.6 Å². The molecule has 0 aromatic heterocycles. The van der Waals surface area contributed by atoms with Gasteiger partial charge in [-0.05, 0) is 111 Å². The van der Waals surface area contributed by atoms with Gasteiger partial charge in [0.2, 0.25) is 5.91 Å². The number of benzene rings is 4. The van der Waals surface area contributed by atoms with Crippen molar-refractivity contribution >= 4 is 35.4 Å². The Balaban J connectivity index is 1.38. The van der Waals surface area contributed by atoms with Crippen molar-refractivity contribution in [2.45, 2.75) is 128 Å². The molecule has 0 radical (unpaired) electrons. The molecule has 2 saturated heterocycles. The van der Waals surface area contributed by atoms with Gasteiger partial charge >= 0.3 is 30.5 Å². The molecule has 4 aromatic carbocycles. The number of alkyl halides is 6. The van der Waals surface area contributed by atoms with Crippen LogP contribution in [0.3, 0.4) is 0 Å². The van der Waals surface area contributed by atoms with Gasteiger partial charge in [0, 0.05) is 11.4 Å². The zero-order valence-corrected chi connectivity index (χ0v) is 44.9. The first-order chi connectivity index (χ1) is 37.3. The lowest BCUT2D eigenvalue weighted by Crippen LogP contribution is -2.69. The van der Waals surface area contributed by atoms with Crippen LogP contribution in [-0.2, 0) is 58.8 Å². The van der Waals surface area contributed by atoms with Crippen LogP contribution in [0.15, 0.2) is 97.1 Å². The molecule has 432 valence electrons. The Morgan fingerprint density at radius 3 is 1.65 bits per heavy atom. The summed E-state index contributed by atoms with van der Waals surface area (Å²) in [6.45, 7) is 9.79. The number of carbonyl (C=O) groups excluding carboxylic acids is 4. The lowest BCUT2D eigenvalue weighted by atomic mass is 9.82.